The van der Waals surface area contributed by atoms with E-state index in [4.69, 9.17) is 5.84 Å². The summed E-state index contributed by atoms with van der Waals surface area (Å²) in [4.78, 5) is 36.6. The van der Waals surface area contributed by atoms with Crippen LogP contribution in [-0.2, 0) is 20.9 Å². The molecule has 158 valence electrons. The van der Waals surface area contributed by atoms with E-state index in [9.17, 15) is 23.2 Å². The number of carbonyl (C=O) groups excluding carboxylic acids is 3. The van der Waals surface area contributed by atoms with Crippen LogP contribution in [-0.4, -0.2) is 27.8 Å². The number of hydrazine groups is 1. The van der Waals surface area contributed by atoms with E-state index < -0.39 is 46.3 Å². The Morgan fingerprint density at radius 1 is 1.17 bits per heavy atom. The average molecular weight is 433 g/mol. The summed E-state index contributed by atoms with van der Waals surface area (Å²) in [5.74, 6) is 0.903. The van der Waals surface area contributed by atoms with Gasteiger partial charge < -0.3 is 0 Å². The lowest BCUT2D eigenvalue weighted by atomic mass is 9.97. The van der Waals surface area contributed by atoms with Gasteiger partial charge in [0, 0.05) is 17.7 Å². The summed E-state index contributed by atoms with van der Waals surface area (Å²) in [5.41, 5.74) is 2.48. The maximum absolute atomic E-state index is 14.7. The molecule has 1 fully saturated rings. The summed E-state index contributed by atoms with van der Waals surface area (Å²) in [6.07, 6.45) is 0. The quantitative estimate of drug-likeness (QED) is 0.248. The van der Waals surface area contributed by atoms with E-state index >= 15 is 0 Å². The molecular formula is C21H21F2N3O3S. The minimum atomic E-state index is -0.969. The second kappa shape index (κ2) is 9.03. The first-order chi connectivity index (χ1) is 14.2. The summed E-state index contributed by atoms with van der Waals surface area (Å²) in [6, 6.07) is 10.0. The van der Waals surface area contributed by atoms with Gasteiger partial charge in [0.2, 0.25) is 17.5 Å². The van der Waals surface area contributed by atoms with E-state index in [0.717, 1.165) is 24.1 Å². The van der Waals surface area contributed by atoms with Gasteiger partial charge in [-0.25, -0.2) is 18.9 Å². The molecule has 3 atom stereocenters. The maximum atomic E-state index is 14.7. The zero-order valence-corrected chi connectivity index (χ0v) is 17.2. The number of amides is 1. The number of nitrogens with zero attached hydrogens (tertiary/aromatic N) is 1. The van der Waals surface area contributed by atoms with E-state index in [2.05, 4.69) is 0 Å². The Bertz CT molecular complexity index is 987. The van der Waals surface area contributed by atoms with Crippen molar-refractivity contribution in [2.24, 2.45) is 5.84 Å². The summed E-state index contributed by atoms with van der Waals surface area (Å²) in [5, 5.41) is -0.740. The number of carbonyl (C=O) groups is 3. The van der Waals surface area contributed by atoms with Crippen molar-refractivity contribution in [2.45, 2.75) is 37.6 Å². The van der Waals surface area contributed by atoms with Crippen LogP contribution in [0.2, 0.25) is 0 Å². The van der Waals surface area contributed by atoms with Gasteiger partial charge in [0.25, 0.3) is 0 Å². The van der Waals surface area contributed by atoms with Crippen LogP contribution in [0.1, 0.15) is 41.7 Å². The molecule has 3 N–H and O–H groups in total. The number of hydrogen-bond donors (Lipinski definition) is 2. The second-order valence-electron chi connectivity index (χ2n) is 7.07. The topological polar surface area (TPSA) is 92.5 Å². The van der Waals surface area contributed by atoms with Gasteiger partial charge >= 0.3 is 0 Å². The fraction of sp³-hybridized carbons (Fsp3) is 0.286. The van der Waals surface area contributed by atoms with Crippen LogP contribution >= 0.6 is 11.9 Å². The van der Waals surface area contributed by atoms with Crippen molar-refractivity contribution in [3.05, 3.63) is 70.8 Å². The SMILES string of the molecule is CC(C(=O)NN)c1cc(F)c(CN2S[C@H](c3ccccc3)C(=O)C(=O)[C@@H]2C)cc1F. The van der Waals surface area contributed by atoms with Gasteiger partial charge in [0.1, 0.15) is 16.9 Å². The Kier molecular flexibility index (Phi) is 6.64. The molecule has 1 amide bonds. The molecule has 1 saturated heterocycles. The number of nitrogens with one attached hydrogen (secondary N) is 1. The van der Waals surface area contributed by atoms with Gasteiger partial charge in [-0.1, -0.05) is 42.3 Å². The largest absolute Gasteiger partial charge is 0.294 e. The molecule has 1 heterocycles. The zero-order chi connectivity index (χ0) is 22.0. The Morgan fingerprint density at radius 2 is 1.83 bits per heavy atom. The van der Waals surface area contributed by atoms with Crippen molar-refractivity contribution in [3.8, 4) is 0 Å². The molecule has 30 heavy (non-hydrogen) atoms. The number of halogens is 2. The van der Waals surface area contributed by atoms with Crippen LogP contribution in [0.15, 0.2) is 42.5 Å². The fourth-order valence-corrected chi connectivity index (χ4v) is 4.50. The third-order valence-electron chi connectivity index (χ3n) is 5.13. The molecule has 1 aliphatic heterocycles. The highest BCUT2D eigenvalue weighted by Crippen LogP contribution is 2.40. The normalized spacial score (nSPS) is 20.8. The Balaban J connectivity index is 1.87. The number of nitrogens with two attached hydrogens (primary N) is 1. The molecule has 3 rings (SSSR count). The van der Waals surface area contributed by atoms with E-state index in [1.807, 2.05) is 5.43 Å². The number of ketones is 2. The highest BCUT2D eigenvalue weighted by atomic mass is 32.2. The minimum absolute atomic E-state index is 0.0184. The molecule has 9 heteroatoms. The average Bonchev–Trinajstić information content (AvgIpc) is 2.75. The number of hydrogen-bond acceptors (Lipinski definition) is 6. The maximum Gasteiger partial charge on any atom is 0.241 e. The first-order valence-electron chi connectivity index (χ1n) is 9.29. The highest BCUT2D eigenvalue weighted by molar-refractivity contribution is 7.98. The molecular weight excluding hydrogens is 412 g/mol. The lowest BCUT2D eigenvalue weighted by Crippen LogP contribution is -2.45. The second-order valence-corrected chi connectivity index (χ2v) is 8.22. The van der Waals surface area contributed by atoms with Crippen LogP contribution in [0, 0.1) is 11.6 Å². The van der Waals surface area contributed by atoms with Gasteiger partial charge in [0.05, 0.1) is 12.0 Å². The van der Waals surface area contributed by atoms with E-state index in [1.54, 1.807) is 41.6 Å². The van der Waals surface area contributed by atoms with E-state index in [1.165, 1.54) is 6.92 Å². The standard InChI is InChI=1S/C21H21F2N3O3S/c1-11(21(29)25-24)15-9-16(22)14(8-17(15)23)10-26-12(2)18(27)19(28)20(30-26)13-6-4-3-5-7-13/h3-9,11-12,20H,10,24H2,1-2H3,(H,25,29)/t11?,12-,20+/m0/s1. The summed E-state index contributed by atoms with van der Waals surface area (Å²) < 4.78 is 30.9. The smallest absolute Gasteiger partial charge is 0.241 e. The van der Waals surface area contributed by atoms with E-state index in [-0.39, 0.29) is 17.7 Å². The van der Waals surface area contributed by atoms with Crippen molar-refractivity contribution in [1.29, 1.82) is 0 Å². The molecule has 1 unspecified atom stereocenters. The Morgan fingerprint density at radius 3 is 2.47 bits per heavy atom. The van der Waals surface area contributed by atoms with Crippen molar-refractivity contribution in [1.82, 2.24) is 9.73 Å². The predicted octanol–water partition coefficient (Wildman–Crippen LogP) is 2.79. The molecule has 2 aromatic carbocycles. The third-order valence-corrected chi connectivity index (χ3v) is 6.54. The Labute approximate surface area is 176 Å². The third kappa shape index (κ3) is 4.28. The van der Waals surface area contributed by atoms with Crippen molar-refractivity contribution in [3.63, 3.8) is 0 Å². The summed E-state index contributed by atoms with van der Waals surface area (Å²) >= 11 is 1.13. The highest BCUT2D eigenvalue weighted by Gasteiger charge is 2.41. The molecule has 2 aromatic rings. The van der Waals surface area contributed by atoms with Crippen LogP contribution in [0.25, 0.3) is 0 Å². The molecule has 1 aliphatic rings. The van der Waals surface area contributed by atoms with Gasteiger partial charge in [-0.3, -0.25) is 19.8 Å². The first kappa shape index (κ1) is 22.1. The number of rotatable bonds is 5. The van der Waals surface area contributed by atoms with Crippen LogP contribution < -0.4 is 11.3 Å². The molecule has 0 aromatic heterocycles. The Hall–Kier alpha value is -2.62. The predicted molar refractivity (Wildman–Crippen MR) is 109 cm³/mol. The molecule has 0 aliphatic carbocycles. The van der Waals surface area contributed by atoms with Gasteiger partial charge in [0.15, 0.2) is 0 Å². The monoisotopic (exact) mass is 433 g/mol. The summed E-state index contributed by atoms with van der Waals surface area (Å²) in [7, 11) is 0. The molecule has 0 bridgehead atoms. The lowest BCUT2D eigenvalue weighted by Gasteiger charge is -2.35. The molecule has 0 saturated carbocycles. The van der Waals surface area contributed by atoms with Gasteiger partial charge in [-0.05, 0) is 31.5 Å². The summed E-state index contributed by atoms with van der Waals surface area (Å²) in [6.45, 7) is 2.89. The van der Waals surface area contributed by atoms with Crippen LogP contribution in [0.3, 0.4) is 0 Å². The molecule has 0 radical (unpaired) electrons. The molecule has 0 spiro atoms. The van der Waals surface area contributed by atoms with Crippen molar-refractivity contribution < 1.29 is 23.2 Å². The van der Waals surface area contributed by atoms with E-state index in [0.29, 0.717) is 5.56 Å². The number of benzene rings is 2. The zero-order valence-electron chi connectivity index (χ0n) is 16.4. The fourth-order valence-electron chi connectivity index (χ4n) is 3.25. The van der Waals surface area contributed by atoms with Gasteiger partial charge in [-0.2, -0.15) is 0 Å². The minimum Gasteiger partial charge on any atom is -0.294 e. The van der Waals surface area contributed by atoms with Crippen LogP contribution in [0.5, 0.6) is 0 Å². The van der Waals surface area contributed by atoms with Crippen LogP contribution in [0.4, 0.5) is 8.78 Å². The molecule has 6 nitrogen and oxygen atoms in total. The van der Waals surface area contributed by atoms with Gasteiger partial charge in [-0.15, -0.1) is 0 Å². The first-order valence-corrected chi connectivity index (χ1v) is 10.1. The number of Topliss-reactive ketones (excluding diaryl/α,β-unsaturated/α-hetero) is 2. The lowest BCUT2D eigenvalue weighted by molar-refractivity contribution is -0.139. The van der Waals surface area contributed by atoms with Crippen molar-refractivity contribution >= 4 is 29.4 Å². The van der Waals surface area contributed by atoms with Crippen molar-refractivity contribution in [2.75, 3.05) is 0 Å².